The Morgan fingerprint density at radius 3 is 2.30 bits per heavy atom. The van der Waals surface area contributed by atoms with Crippen LogP contribution in [0.15, 0.2) is 78.9 Å². The SMILES string of the molecule is Cn1c(C(=O)N2CCC(NCc3cccc(F)c3)(C(N)=O)CC2)cc(-c2ccccc2Cl)c1-c1ccc(OCC(N)=O)cc1. The van der Waals surface area contributed by atoms with Crippen molar-refractivity contribution in [3.8, 4) is 28.1 Å². The minimum absolute atomic E-state index is 0.198. The monoisotopic (exact) mass is 617 g/mol. The predicted molar refractivity (Wildman–Crippen MR) is 166 cm³/mol. The molecule has 4 aromatic rings. The summed E-state index contributed by atoms with van der Waals surface area (Å²) in [5, 5.41) is 3.77. The number of ether oxygens (including phenoxy) is 1. The predicted octanol–water partition coefficient (Wildman–Crippen LogP) is 4.27. The number of nitrogens with one attached hydrogen (secondary N) is 1. The second-order valence-electron chi connectivity index (χ2n) is 10.8. The van der Waals surface area contributed by atoms with Crippen molar-refractivity contribution in [2.24, 2.45) is 18.5 Å². The number of primary amides is 2. The molecule has 0 atom stereocenters. The van der Waals surface area contributed by atoms with Crippen molar-refractivity contribution in [2.45, 2.75) is 24.9 Å². The summed E-state index contributed by atoms with van der Waals surface area (Å²) in [6, 6.07) is 22.5. The molecule has 1 aromatic heterocycles. The lowest BCUT2D eigenvalue weighted by atomic mass is 9.86. The maximum Gasteiger partial charge on any atom is 0.270 e. The summed E-state index contributed by atoms with van der Waals surface area (Å²) in [5.74, 6) is -1.16. The van der Waals surface area contributed by atoms with Gasteiger partial charge in [-0.2, -0.15) is 0 Å². The molecule has 9 nitrogen and oxygen atoms in total. The van der Waals surface area contributed by atoms with Gasteiger partial charge in [0, 0.05) is 42.8 Å². The molecule has 2 heterocycles. The van der Waals surface area contributed by atoms with E-state index in [0.29, 0.717) is 48.0 Å². The van der Waals surface area contributed by atoms with Gasteiger partial charge in [-0.3, -0.25) is 19.7 Å². The van der Waals surface area contributed by atoms with Crippen LogP contribution in [0, 0.1) is 5.82 Å². The van der Waals surface area contributed by atoms with Crippen LogP contribution in [-0.4, -0.2) is 52.4 Å². The van der Waals surface area contributed by atoms with Gasteiger partial charge in [0.05, 0.1) is 5.69 Å². The smallest absolute Gasteiger partial charge is 0.270 e. The molecule has 5 rings (SSSR count). The molecule has 0 radical (unpaired) electrons. The Hall–Kier alpha value is -4.67. The first-order valence-electron chi connectivity index (χ1n) is 14.1. The van der Waals surface area contributed by atoms with Gasteiger partial charge in [0.25, 0.3) is 11.8 Å². The van der Waals surface area contributed by atoms with E-state index in [-0.39, 0.29) is 24.9 Å². The molecular formula is C33H33ClFN5O4. The summed E-state index contributed by atoms with van der Waals surface area (Å²) >= 11 is 6.61. The van der Waals surface area contributed by atoms with E-state index in [4.69, 9.17) is 27.8 Å². The topological polar surface area (TPSA) is 133 Å². The Kier molecular flexibility index (Phi) is 9.03. The Balaban J connectivity index is 1.41. The van der Waals surface area contributed by atoms with Gasteiger partial charge in [-0.1, -0.05) is 41.9 Å². The summed E-state index contributed by atoms with van der Waals surface area (Å²) in [7, 11) is 1.82. The largest absolute Gasteiger partial charge is 0.484 e. The first-order chi connectivity index (χ1) is 21.1. The van der Waals surface area contributed by atoms with Crippen molar-refractivity contribution in [3.63, 3.8) is 0 Å². The lowest BCUT2D eigenvalue weighted by Gasteiger charge is -2.40. The van der Waals surface area contributed by atoms with Crippen molar-refractivity contribution in [1.29, 1.82) is 0 Å². The number of carbonyl (C=O) groups excluding carboxylic acids is 3. The third kappa shape index (κ3) is 6.46. The molecule has 1 fully saturated rings. The van der Waals surface area contributed by atoms with E-state index in [0.717, 1.165) is 22.4 Å². The van der Waals surface area contributed by atoms with Gasteiger partial charge in [0.15, 0.2) is 6.61 Å². The molecule has 0 bridgehead atoms. The van der Waals surface area contributed by atoms with Gasteiger partial charge in [-0.15, -0.1) is 0 Å². The normalized spacial score (nSPS) is 14.3. The van der Waals surface area contributed by atoms with Crippen LogP contribution in [-0.2, 0) is 23.2 Å². The van der Waals surface area contributed by atoms with Crippen LogP contribution in [0.5, 0.6) is 5.75 Å². The quantitative estimate of drug-likeness (QED) is 0.245. The number of piperidine rings is 1. The lowest BCUT2D eigenvalue weighted by molar-refractivity contribution is -0.126. The molecule has 0 unspecified atom stereocenters. The molecule has 3 aromatic carbocycles. The van der Waals surface area contributed by atoms with Crippen LogP contribution >= 0.6 is 11.6 Å². The highest BCUT2D eigenvalue weighted by Crippen LogP contribution is 2.39. The minimum Gasteiger partial charge on any atom is -0.484 e. The maximum atomic E-state index is 14.0. The standard InChI is InChI=1S/C33H33ClFN5O4/c1-39-28(31(42)40-15-13-33(14-16-40,32(37)43)38-19-21-5-4-6-23(35)17-21)18-26(25-7-2-3-8-27(25)34)30(39)22-9-11-24(12-10-22)44-20-29(36)41/h2-12,17-18,38H,13-16,19-20H2,1H3,(H2,36,41)(H2,37,43). The molecule has 3 amide bonds. The van der Waals surface area contributed by atoms with E-state index in [1.807, 2.05) is 48.0 Å². The van der Waals surface area contributed by atoms with Gasteiger partial charge >= 0.3 is 0 Å². The Morgan fingerprint density at radius 1 is 0.955 bits per heavy atom. The molecule has 0 saturated carbocycles. The molecule has 1 aliphatic heterocycles. The number of rotatable bonds is 10. The van der Waals surface area contributed by atoms with E-state index in [2.05, 4.69) is 5.32 Å². The fourth-order valence-corrected chi connectivity index (χ4v) is 5.83. The summed E-state index contributed by atoms with van der Waals surface area (Å²) < 4.78 is 20.9. The average Bonchev–Trinajstić information content (AvgIpc) is 3.35. The number of halogens is 2. The van der Waals surface area contributed by atoms with Crippen LogP contribution in [0.4, 0.5) is 4.39 Å². The fourth-order valence-electron chi connectivity index (χ4n) is 5.59. The van der Waals surface area contributed by atoms with E-state index in [1.54, 1.807) is 35.2 Å². The lowest BCUT2D eigenvalue weighted by Crippen LogP contribution is -2.61. The maximum absolute atomic E-state index is 14.0. The van der Waals surface area contributed by atoms with Crippen molar-refractivity contribution in [1.82, 2.24) is 14.8 Å². The van der Waals surface area contributed by atoms with Gasteiger partial charge < -0.3 is 25.7 Å². The highest BCUT2D eigenvalue weighted by molar-refractivity contribution is 6.33. The second kappa shape index (κ2) is 12.9. The number of amides is 3. The number of hydrogen-bond donors (Lipinski definition) is 3. The van der Waals surface area contributed by atoms with Gasteiger partial charge in [0.1, 0.15) is 22.8 Å². The van der Waals surface area contributed by atoms with Crippen LogP contribution in [0.2, 0.25) is 5.02 Å². The number of benzene rings is 3. The van der Waals surface area contributed by atoms with Crippen LogP contribution in [0.25, 0.3) is 22.4 Å². The fraction of sp³-hybridized carbons (Fsp3) is 0.242. The summed E-state index contributed by atoms with van der Waals surface area (Å²) in [5.41, 5.74) is 14.3. The number of nitrogens with zero attached hydrogens (tertiary/aromatic N) is 2. The molecular weight excluding hydrogens is 585 g/mol. The first-order valence-corrected chi connectivity index (χ1v) is 14.5. The number of nitrogens with two attached hydrogens (primary N) is 2. The Bertz CT molecular complexity index is 1700. The number of carbonyl (C=O) groups is 3. The van der Waals surface area contributed by atoms with Crippen molar-refractivity contribution >= 4 is 29.3 Å². The highest BCUT2D eigenvalue weighted by Gasteiger charge is 2.41. The minimum atomic E-state index is -1.02. The molecule has 1 aliphatic rings. The Labute approximate surface area is 259 Å². The van der Waals surface area contributed by atoms with Crippen molar-refractivity contribution in [2.75, 3.05) is 19.7 Å². The van der Waals surface area contributed by atoms with E-state index >= 15 is 0 Å². The van der Waals surface area contributed by atoms with Crippen LogP contribution < -0.4 is 21.5 Å². The third-order valence-electron chi connectivity index (χ3n) is 8.02. The van der Waals surface area contributed by atoms with E-state index in [9.17, 15) is 18.8 Å². The number of likely N-dealkylation sites (tertiary alicyclic amines) is 1. The molecule has 5 N–H and O–H groups in total. The first kappa shape index (κ1) is 30.8. The summed E-state index contributed by atoms with van der Waals surface area (Å²) in [6.45, 7) is 0.626. The molecule has 228 valence electrons. The van der Waals surface area contributed by atoms with Crippen LogP contribution in [0.3, 0.4) is 0 Å². The zero-order valence-corrected chi connectivity index (χ0v) is 24.9. The van der Waals surface area contributed by atoms with Crippen molar-refractivity contribution < 1.29 is 23.5 Å². The molecule has 0 spiro atoms. The zero-order valence-electron chi connectivity index (χ0n) is 24.2. The Morgan fingerprint density at radius 2 is 1.66 bits per heavy atom. The van der Waals surface area contributed by atoms with Gasteiger partial charge in [-0.25, -0.2) is 4.39 Å². The zero-order chi connectivity index (χ0) is 31.4. The summed E-state index contributed by atoms with van der Waals surface area (Å²) in [4.78, 5) is 39.4. The van der Waals surface area contributed by atoms with Crippen LogP contribution in [0.1, 0.15) is 28.9 Å². The second-order valence-corrected chi connectivity index (χ2v) is 11.2. The summed E-state index contributed by atoms with van der Waals surface area (Å²) in [6.07, 6.45) is 0.621. The average molecular weight is 618 g/mol. The van der Waals surface area contributed by atoms with Gasteiger partial charge in [0.2, 0.25) is 5.91 Å². The highest BCUT2D eigenvalue weighted by atomic mass is 35.5. The van der Waals surface area contributed by atoms with Gasteiger partial charge in [-0.05, 0) is 72.5 Å². The molecule has 0 aliphatic carbocycles. The van der Waals surface area contributed by atoms with E-state index in [1.165, 1.54) is 12.1 Å². The number of aromatic nitrogens is 1. The van der Waals surface area contributed by atoms with E-state index < -0.39 is 17.4 Å². The molecule has 11 heteroatoms. The van der Waals surface area contributed by atoms with Crippen molar-refractivity contribution in [3.05, 3.63) is 101 Å². The molecule has 1 saturated heterocycles. The molecule has 44 heavy (non-hydrogen) atoms. The third-order valence-corrected chi connectivity index (χ3v) is 8.35. The number of hydrogen-bond acceptors (Lipinski definition) is 5.